The zero-order chi connectivity index (χ0) is 15.5. The van der Waals surface area contributed by atoms with Crippen LogP contribution < -0.4 is 11.1 Å². The molecule has 3 N–H and O–H groups in total. The second-order valence-corrected chi connectivity index (χ2v) is 5.57. The van der Waals surface area contributed by atoms with Gasteiger partial charge >= 0.3 is 0 Å². The molecule has 23 heavy (non-hydrogen) atoms. The van der Waals surface area contributed by atoms with E-state index in [0.29, 0.717) is 23.7 Å². The highest BCUT2D eigenvalue weighted by molar-refractivity contribution is 9.10. The van der Waals surface area contributed by atoms with Crippen LogP contribution in [0.3, 0.4) is 0 Å². The number of carbonyl (C=O) groups is 1. The van der Waals surface area contributed by atoms with Crippen molar-refractivity contribution in [2.45, 2.75) is 6.67 Å². The summed E-state index contributed by atoms with van der Waals surface area (Å²) in [5.41, 5.74) is 7.23. The smallest absolute Gasteiger partial charge is 0.276 e. The Balaban J connectivity index is 0.00000192. The fraction of sp³-hybridized carbons (Fsp3) is 0.0714. The maximum absolute atomic E-state index is 12.1. The minimum absolute atomic E-state index is 0. The molecule has 3 rings (SSSR count). The van der Waals surface area contributed by atoms with Gasteiger partial charge in [0.2, 0.25) is 0 Å². The summed E-state index contributed by atoms with van der Waals surface area (Å²) < 4.78 is 4.20. The molecular formula is C14H14BrClN6O. The lowest BCUT2D eigenvalue weighted by Crippen LogP contribution is -2.14. The first-order valence-electron chi connectivity index (χ1n) is 6.48. The van der Waals surface area contributed by atoms with E-state index >= 15 is 0 Å². The standard InChI is InChI=1S/C14H13BrN6O.ClH/c15-10-1-3-12(4-2-10)18-14(22)13-5-6-20(19-13)9-21-8-11(16)7-17-21;/h1-8H,9,16H2,(H,18,22);1H. The Hall–Kier alpha value is -2.32. The Morgan fingerprint density at radius 3 is 2.61 bits per heavy atom. The third-order valence-electron chi connectivity index (χ3n) is 2.92. The number of amides is 1. The monoisotopic (exact) mass is 396 g/mol. The number of halogens is 2. The van der Waals surface area contributed by atoms with Gasteiger partial charge in [-0.2, -0.15) is 10.2 Å². The van der Waals surface area contributed by atoms with Crippen LogP contribution in [0.15, 0.2) is 53.4 Å². The first kappa shape index (κ1) is 17.0. The number of rotatable bonds is 4. The van der Waals surface area contributed by atoms with Gasteiger partial charge in [0, 0.05) is 16.4 Å². The average molecular weight is 398 g/mol. The van der Waals surface area contributed by atoms with Crippen LogP contribution in [0.25, 0.3) is 0 Å². The molecule has 0 aliphatic heterocycles. The zero-order valence-corrected chi connectivity index (χ0v) is 14.3. The fourth-order valence-electron chi connectivity index (χ4n) is 1.90. The Morgan fingerprint density at radius 2 is 1.96 bits per heavy atom. The summed E-state index contributed by atoms with van der Waals surface area (Å²) in [5.74, 6) is -0.263. The molecule has 0 bridgehead atoms. The van der Waals surface area contributed by atoms with Gasteiger partial charge in [-0.1, -0.05) is 15.9 Å². The SMILES string of the molecule is Cl.Nc1cnn(Cn2ccc(C(=O)Nc3ccc(Br)cc3)n2)c1. The van der Waals surface area contributed by atoms with Gasteiger partial charge in [-0.3, -0.25) is 9.48 Å². The summed E-state index contributed by atoms with van der Waals surface area (Å²) in [4.78, 5) is 12.1. The lowest BCUT2D eigenvalue weighted by Gasteiger charge is -2.03. The number of nitrogens with two attached hydrogens (primary N) is 1. The predicted molar refractivity (Wildman–Crippen MR) is 93.6 cm³/mol. The zero-order valence-electron chi connectivity index (χ0n) is 11.9. The number of carbonyl (C=O) groups excluding carboxylic acids is 1. The van der Waals surface area contributed by atoms with Crippen molar-refractivity contribution in [3.63, 3.8) is 0 Å². The summed E-state index contributed by atoms with van der Waals surface area (Å²) in [6.07, 6.45) is 4.97. The van der Waals surface area contributed by atoms with E-state index in [1.807, 2.05) is 24.3 Å². The summed E-state index contributed by atoms with van der Waals surface area (Å²) in [6.45, 7) is 0.392. The normalized spacial score (nSPS) is 10.1. The largest absolute Gasteiger partial charge is 0.396 e. The van der Waals surface area contributed by atoms with Gasteiger partial charge < -0.3 is 11.1 Å². The molecule has 0 spiro atoms. The highest BCUT2D eigenvalue weighted by Gasteiger charge is 2.10. The molecule has 2 heterocycles. The second kappa shape index (κ2) is 7.30. The van der Waals surface area contributed by atoms with Crippen LogP contribution in [0.4, 0.5) is 11.4 Å². The first-order valence-corrected chi connectivity index (χ1v) is 7.28. The highest BCUT2D eigenvalue weighted by Crippen LogP contribution is 2.14. The van der Waals surface area contributed by atoms with E-state index in [2.05, 4.69) is 31.4 Å². The molecule has 3 aromatic rings. The molecule has 0 aliphatic rings. The van der Waals surface area contributed by atoms with Crippen molar-refractivity contribution in [3.05, 3.63) is 59.1 Å². The maximum Gasteiger partial charge on any atom is 0.276 e. The van der Waals surface area contributed by atoms with Gasteiger partial charge in [0.25, 0.3) is 5.91 Å². The van der Waals surface area contributed by atoms with Crippen molar-refractivity contribution in [1.82, 2.24) is 19.6 Å². The quantitative estimate of drug-likeness (QED) is 0.708. The minimum atomic E-state index is -0.263. The van der Waals surface area contributed by atoms with Crippen LogP contribution in [0.5, 0.6) is 0 Å². The number of anilines is 2. The van der Waals surface area contributed by atoms with Gasteiger partial charge in [0.1, 0.15) is 6.67 Å². The summed E-state index contributed by atoms with van der Waals surface area (Å²) in [5, 5.41) is 11.1. The molecule has 120 valence electrons. The van der Waals surface area contributed by atoms with E-state index in [-0.39, 0.29) is 18.3 Å². The summed E-state index contributed by atoms with van der Waals surface area (Å²) in [6, 6.07) is 8.99. The number of nitrogens with zero attached hydrogens (tertiary/aromatic N) is 4. The molecule has 1 amide bonds. The minimum Gasteiger partial charge on any atom is -0.396 e. The summed E-state index contributed by atoms with van der Waals surface area (Å²) in [7, 11) is 0. The molecule has 1 aromatic carbocycles. The summed E-state index contributed by atoms with van der Waals surface area (Å²) >= 11 is 3.35. The Kier molecular flexibility index (Phi) is 5.41. The van der Waals surface area contributed by atoms with Crippen molar-refractivity contribution in [1.29, 1.82) is 0 Å². The van der Waals surface area contributed by atoms with Crippen molar-refractivity contribution in [3.8, 4) is 0 Å². The third kappa shape index (κ3) is 4.33. The van der Waals surface area contributed by atoms with Crippen LogP contribution in [0, 0.1) is 0 Å². The lowest BCUT2D eigenvalue weighted by atomic mass is 10.3. The number of nitrogen functional groups attached to an aromatic ring is 1. The van der Waals surface area contributed by atoms with Crippen LogP contribution in [-0.4, -0.2) is 25.5 Å². The van der Waals surface area contributed by atoms with Gasteiger partial charge in [0.05, 0.1) is 18.1 Å². The Bertz CT molecular complexity index is 798. The second-order valence-electron chi connectivity index (χ2n) is 4.66. The molecule has 9 heteroatoms. The molecule has 0 saturated heterocycles. The van der Waals surface area contributed by atoms with Gasteiger partial charge in [-0.25, -0.2) is 4.68 Å². The van der Waals surface area contributed by atoms with Crippen LogP contribution in [0.1, 0.15) is 10.5 Å². The highest BCUT2D eigenvalue weighted by atomic mass is 79.9. The van der Waals surface area contributed by atoms with Crippen LogP contribution in [0.2, 0.25) is 0 Å². The van der Waals surface area contributed by atoms with Crippen molar-refractivity contribution in [2.75, 3.05) is 11.1 Å². The topological polar surface area (TPSA) is 90.8 Å². The number of hydrogen-bond acceptors (Lipinski definition) is 4. The molecule has 0 fully saturated rings. The molecule has 0 atom stereocenters. The van der Waals surface area contributed by atoms with Crippen molar-refractivity contribution in [2.24, 2.45) is 0 Å². The number of nitrogens with one attached hydrogen (secondary N) is 1. The molecule has 0 saturated carbocycles. The maximum atomic E-state index is 12.1. The lowest BCUT2D eigenvalue weighted by molar-refractivity contribution is 0.102. The Labute approximate surface area is 147 Å². The van der Waals surface area contributed by atoms with Crippen molar-refractivity contribution < 1.29 is 4.79 Å². The molecule has 7 nitrogen and oxygen atoms in total. The number of aromatic nitrogens is 4. The number of hydrogen-bond donors (Lipinski definition) is 2. The van der Waals surface area contributed by atoms with Crippen LogP contribution in [-0.2, 0) is 6.67 Å². The van der Waals surface area contributed by atoms with Crippen LogP contribution >= 0.6 is 28.3 Å². The number of benzene rings is 1. The molecule has 0 unspecified atom stereocenters. The van der Waals surface area contributed by atoms with Crippen molar-refractivity contribution >= 4 is 45.6 Å². The van der Waals surface area contributed by atoms with E-state index in [0.717, 1.165) is 4.47 Å². The third-order valence-corrected chi connectivity index (χ3v) is 3.45. The van der Waals surface area contributed by atoms with Gasteiger partial charge in [0.15, 0.2) is 5.69 Å². The molecular weight excluding hydrogens is 384 g/mol. The van der Waals surface area contributed by atoms with E-state index in [4.69, 9.17) is 5.73 Å². The van der Waals surface area contributed by atoms with Gasteiger partial charge in [-0.15, -0.1) is 12.4 Å². The van der Waals surface area contributed by atoms with E-state index in [1.165, 1.54) is 0 Å². The van der Waals surface area contributed by atoms with E-state index in [9.17, 15) is 4.79 Å². The van der Waals surface area contributed by atoms with E-state index in [1.54, 1.807) is 34.0 Å². The fourth-order valence-corrected chi connectivity index (χ4v) is 2.16. The Morgan fingerprint density at radius 1 is 1.22 bits per heavy atom. The molecule has 2 aromatic heterocycles. The first-order chi connectivity index (χ1) is 10.6. The van der Waals surface area contributed by atoms with E-state index < -0.39 is 0 Å². The van der Waals surface area contributed by atoms with Gasteiger partial charge in [-0.05, 0) is 30.3 Å². The molecule has 0 aliphatic carbocycles. The predicted octanol–water partition coefficient (Wildman–Crippen LogP) is 2.60. The average Bonchev–Trinajstić information content (AvgIpc) is 3.11. The molecule has 0 radical (unpaired) electrons.